The fraction of sp³-hybridized carbons (Fsp3) is 0.333. The highest BCUT2D eigenvalue weighted by Crippen LogP contribution is 2.30. The molecule has 0 unspecified atom stereocenters. The van der Waals surface area contributed by atoms with E-state index in [0.717, 1.165) is 13.2 Å². The van der Waals surface area contributed by atoms with Crippen LogP contribution in [0.4, 0.5) is 13.2 Å². The number of pyridine rings is 1. The number of aromatic carboxylic acids is 1. The second kappa shape index (κ2) is 4.48. The highest BCUT2D eigenvalue weighted by Gasteiger charge is 2.32. The minimum atomic E-state index is -4.87. The molecule has 8 heteroatoms. The minimum Gasteiger partial charge on any atom is -0.494 e. The number of carboxylic acids is 1. The van der Waals surface area contributed by atoms with Crippen molar-refractivity contribution in [3.05, 3.63) is 17.5 Å². The Morgan fingerprint density at radius 1 is 1.41 bits per heavy atom. The predicted octanol–water partition coefficient (Wildman–Crippen LogP) is 2.00. The average Bonchev–Trinajstić information content (AvgIpc) is 2.18. The molecule has 1 heterocycles. The first kappa shape index (κ1) is 13.1. The highest BCUT2D eigenvalue weighted by molar-refractivity contribution is 5.88. The zero-order valence-electron chi connectivity index (χ0n) is 8.83. The van der Waals surface area contributed by atoms with E-state index in [1.807, 2.05) is 0 Å². The van der Waals surface area contributed by atoms with E-state index in [2.05, 4.69) is 14.5 Å². The molecule has 5 nitrogen and oxygen atoms in total. The van der Waals surface area contributed by atoms with E-state index in [1.54, 1.807) is 0 Å². The Bertz CT molecular complexity index is 445. The van der Waals surface area contributed by atoms with Crippen LogP contribution < -0.4 is 9.47 Å². The molecule has 0 bridgehead atoms. The summed E-state index contributed by atoms with van der Waals surface area (Å²) in [6.07, 6.45) is -4.87. The summed E-state index contributed by atoms with van der Waals surface area (Å²) in [7, 11) is 1.12. The number of hydrogen-bond acceptors (Lipinski definition) is 4. The smallest absolute Gasteiger partial charge is 0.494 e. The molecular formula is C9H8F3NO4. The zero-order valence-corrected chi connectivity index (χ0v) is 8.83. The van der Waals surface area contributed by atoms with Crippen molar-refractivity contribution in [3.8, 4) is 11.5 Å². The van der Waals surface area contributed by atoms with Gasteiger partial charge < -0.3 is 14.6 Å². The maximum atomic E-state index is 12.0. The molecule has 17 heavy (non-hydrogen) atoms. The number of rotatable bonds is 3. The van der Waals surface area contributed by atoms with Gasteiger partial charge in [-0.2, -0.15) is 0 Å². The Kier molecular flexibility index (Phi) is 3.45. The summed E-state index contributed by atoms with van der Waals surface area (Å²) in [4.78, 5) is 14.2. The minimum absolute atomic E-state index is 0.194. The Labute approximate surface area is 93.8 Å². The normalized spacial score (nSPS) is 11.1. The molecule has 1 aromatic rings. The lowest BCUT2D eigenvalue weighted by atomic mass is 10.2. The lowest BCUT2D eigenvalue weighted by Gasteiger charge is -2.13. The molecule has 0 spiro atoms. The van der Waals surface area contributed by atoms with Gasteiger partial charge in [-0.1, -0.05) is 0 Å². The van der Waals surface area contributed by atoms with Crippen LogP contribution in [-0.2, 0) is 0 Å². The topological polar surface area (TPSA) is 68.7 Å². The summed E-state index contributed by atoms with van der Waals surface area (Å²) < 4.78 is 44.3. The van der Waals surface area contributed by atoms with Gasteiger partial charge in [-0.25, -0.2) is 9.78 Å². The first-order valence-electron chi connectivity index (χ1n) is 4.29. The molecule has 0 fully saturated rings. The van der Waals surface area contributed by atoms with Gasteiger partial charge in [-0.15, -0.1) is 13.2 Å². The molecule has 0 atom stereocenters. The number of carbonyl (C=O) groups is 1. The van der Waals surface area contributed by atoms with Crippen LogP contribution in [0.25, 0.3) is 0 Å². The van der Waals surface area contributed by atoms with Gasteiger partial charge in [0, 0.05) is 6.07 Å². The van der Waals surface area contributed by atoms with E-state index >= 15 is 0 Å². The zero-order chi connectivity index (χ0) is 13.2. The Morgan fingerprint density at radius 2 is 2.00 bits per heavy atom. The van der Waals surface area contributed by atoms with Crippen molar-refractivity contribution < 1.29 is 32.5 Å². The van der Waals surface area contributed by atoms with Crippen LogP contribution in [0, 0.1) is 6.92 Å². The lowest BCUT2D eigenvalue weighted by Crippen LogP contribution is -2.18. The molecule has 1 aromatic heterocycles. The van der Waals surface area contributed by atoms with Crippen LogP contribution in [-0.4, -0.2) is 29.5 Å². The molecule has 0 saturated carbocycles. The second-order valence-electron chi connectivity index (χ2n) is 2.98. The third kappa shape index (κ3) is 3.23. The van der Waals surface area contributed by atoms with Crippen LogP contribution in [0.3, 0.4) is 0 Å². The molecule has 0 aliphatic rings. The summed E-state index contributed by atoms with van der Waals surface area (Å²) in [5.74, 6) is -2.30. The number of halogens is 3. The number of methoxy groups -OCH3 is 1. The van der Waals surface area contributed by atoms with Gasteiger partial charge in [0.2, 0.25) is 0 Å². The highest BCUT2D eigenvalue weighted by atomic mass is 19.4. The Morgan fingerprint density at radius 3 is 2.41 bits per heavy atom. The quantitative estimate of drug-likeness (QED) is 0.889. The molecule has 1 rings (SSSR count). The maximum absolute atomic E-state index is 12.0. The fourth-order valence-electron chi connectivity index (χ4n) is 1.11. The fourth-order valence-corrected chi connectivity index (χ4v) is 1.11. The summed E-state index contributed by atoms with van der Waals surface area (Å²) in [6.45, 7) is 1.20. The van der Waals surface area contributed by atoms with Gasteiger partial charge in [-0.05, 0) is 6.92 Å². The molecule has 1 N–H and O–H groups in total. The van der Waals surface area contributed by atoms with E-state index in [0.29, 0.717) is 0 Å². The molecule has 0 amide bonds. The van der Waals surface area contributed by atoms with Gasteiger partial charge in [0.15, 0.2) is 17.2 Å². The lowest BCUT2D eigenvalue weighted by molar-refractivity contribution is -0.275. The van der Waals surface area contributed by atoms with E-state index in [9.17, 15) is 18.0 Å². The van der Waals surface area contributed by atoms with Crippen molar-refractivity contribution in [1.29, 1.82) is 0 Å². The van der Waals surface area contributed by atoms with Crippen molar-refractivity contribution in [1.82, 2.24) is 4.98 Å². The number of aryl methyl sites for hydroxylation is 1. The van der Waals surface area contributed by atoms with Crippen LogP contribution >= 0.6 is 0 Å². The van der Waals surface area contributed by atoms with Crippen molar-refractivity contribution in [2.24, 2.45) is 0 Å². The molecule has 0 saturated heterocycles. The number of nitrogens with zero attached hydrogens (tertiary/aromatic N) is 1. The van der Waals surface area contributed by atoms with Crippen molar-refractivity contribution >= 4 is 5.97 Å². The van der Waals surface area contributed by atoms with E-state index in [1.165, 1.54) is 6.92 Å². The van der Waals surface area contributed by atoms with Gasteiger partial charge in [0.05, 0.1) is 12.8 Å². The monoisotopic (exact) mass is 251 g/mol. The number of hydrogen-bond donors (Lipinski definition) is 1. The summed E-state index contributed by atoms with van der Waals surface area (Å²) >= 11 is 0. The molecular weight excluding hydrogens is 243 g/mol. The Balaban J connectivity index is 3.23. The van der Waals surface area contributed by atoms with Gasteiger partial charge in [-0.3, -0.25) is 0 Å². The van der Waals surface area contributed by atoms with Crippen LogP contribution in [0.15, 0.2) is 6.07 Å². The van der Waals surface area contributed by atoms with Crippen LogP contribution in [0.2, 0.25) is 0 Å². The van der Waals surface area contributed by atoms with E-state index in [-0.39, 0.29) is 11.4 Å². The summed E-state index contributed by atoms with van der Waals surface area (Å²) in [5, 5.41) is 8.74. The molecule has 0 aromatic carbocycles. The second-order valence-corrected chi connectivity index (χ2v) is 2.98. The molecule has 0 aliphatic heterocycles. The third-order valence-corrected chi connectivity index (χ3v) is 1.78. The number of aromatic nitrogens is 1. The average molecular weight is 251 g/mol. The molecule has 0 radical (unpaired) electrons. The summed E-state index contributed by atoms with van der Waals surface area (Å²) in [5.41, 5.74) is -0.667. The Hall–Kier alpha value is -1.99. The number of alkyl halides is 3. The summed E-state index contributed by atoms with van der Waals surface area (Å²) in [6, 6.07) is 0.833. The van der Waals surface area contributed by atoms with E-state index in [4.69, 9.17) is 5.11 Å². The van der Waals surface area contributed by atoms with Crippen LogP contribution in [0.1, 0.15) is 16.2 Å². The first-order valence-corrected chi connectivity index (χ1v) is 4.29. The van der Waals surface area contributed by atoms with Gasteiger partial charge in [0.25, 0.3) is 0 Å². The van der Waals surface area contributed by atoms with E-state index < -0.39 is 23.8 Å². The van der Waals surface area contributed by atoms with Gasteiger partial charge in [0.1, 0.15) is 0 Å². The third-order valence-electron chi connectivity index (χ3n) is 1.78. The SMILES string of the molecule is COc1cc(OC(F)(F)F)c(C)nc1C(=O)O. The number of ether oxygens (including phenoxy) is 2. The van der Waals surface area contributed by atoms with Crippen molar-refractivity contribution in [2.45, 2.75) is 13.3 Å². The number of carboxylic acid groups (broad SMARTS) is 1. The standard InChI is InChI=1S/C9H8F3NO4/c1-4-5(17-9(10,11)12)3-6(16-2)7(13-4)8(14)15/h3H,1-2H3,(H,14,15). The molecule has 94 valence electrons. The van der Waals surface area contributed by atoms with Crippen LogP contribution in [0.5, 0.6) is 11.5 Å². The maximum Gasteiger partial charge on any atom is 0.573 e. The molecule has 0 aliphatic carbocycles. The largest absolute Gasteiger partial charge is 0.573 e. The van der Waals surface area contributed by atoms with Gasteiger partial charge >= 0.3 is 12.3 Å². The first-order chi connectivity index (χ1) is 7.74. The van der Waals surface area contributed by atoms with Crippen molar-refractivity contribution in [2.75, 3.05) is 7.11 Å². The predicted molar refractivity (Wildman–Crippen MR) is 49.2 cm³/mol. The van der Waals surface area contributed by atoms with Crippen molar-refractivity contribution in [3.63, 3.8) is 0 Å².